The van der Waals surface area contributed by atoms with Gasteiger partial charge in [-0.25, -0.2) is 4.79 Å². The Morgan fingerprint density at radius 2 is 2.16 bits per heavy atom. The van der Waals surface area contributed by atoms with E-state index in [1.807, 2.05) is 0 Å². The van der Waals surface area contributed by atoms with E-state index in [0.29, 0.717) is 0 Å². The van der Waals surface area contributed by atoms with Gasteiger partial charge in [0.05, 0.1) is 18.8 Å². The lowest BCUT2D eigenvalue weighted by molar-refractivity contribution is -0.301. The fourth-order valence-corrected chi connectivity index (χ4v) is 1.96. The van der Waals surface area contributed by atoms with Gasteiger partial charge < -0.3 is 40.7 Å². The molecule has 1 heterocycles. The second kappa shape index (κ2) is 6.09. The first-order valence-corrected chi connectivity index (χ1v) is 5.66. The van der Waals surface area contributed by atoms with Gasteiger partial charge in [0.2, 0.25) is 0 Å². The molecule has 1 aliphatic heterocycles. The summed E-state index contributed by atoms with van der Waals surface area (Å²) < 4.78 is 9.88. The molecule has 112 valence electrons. The number of carbonyl (C=O) groups is 1. The van der Waals surface area contributed by atoms with Gasteiger partial charge in [-0.15, -0.1) is 0 Å². The van der Waals surface area contributed by atoms with E-state index in [1.165, 1.54) is 0 Å². The Morgan fingerprint density at radius 3 is 2.58 bits per heavy atom. The summed E-state index contributed by atoms with van der Waals surface area (Å²) in [6, 6.07) is -1.13. The SMILES string of the molecule is CO[C@]1(C(=O)O)C[C@@H](O)[C@@H](N)C([C@@H](O)C(O)CO)O1. The maximum atomic E-state index is 11.2. The Morgan fingerprint density at radius 1 is 1.58 bits per heavy atom. The molecule has 1 aliphatic rings. The van der Waals surface area contributed by atoms with E-state index >= 15 is 0 Å². The Kier molecular flexibility index (Phi) is 5.21. The molecule has 0 amide bonds. The molecule has 1 saturated heterocycles. The third kappa shape index (κ3) is 3.03. The first kappa shape index (κ1) is 16.2. The van der Waals surface area contributed by atoms with Crippen molar-refractivity contribution >= 4 is 5.97 Å². The minimum atomic E-state index is -2.16. The van der Waals surface area contributed by atoms with Crippen molar-refractivity contribution in [2.45, 2.75) is 42.7 Å². The second-order valence-electron chi connectivity index (χ2n) is 4.43. The monoisotopic (exact) mass is 281 g/mol. The maximum absolute atomic E-state index is 11.2. The average molecular weight is 281 g/mol. The van der Waals surface area contributed by atoms with E-state index < -0.39 is 55.2 Å². The molecule has 2 unspecified atom stereocenters. The summed E-state index contributed by atoms with van der Waals surface area (Å²) in [7, 11) is 1.07. The van der Waals surface area contributed by atoms with Crippen molar-refractivity contribution in [3.05, 3.63) is 0 Å². The molecule has 0 radical (unpaired) electrons. The third-order valence-electron chi connectivity index (χ3n) is 3.20. The molecule has 0 aromatic heterocycles. The van der Waals surface area contributed by atoms with Crippen LogP contribution in [0.5, 0.6) is 0 Å². The highest BCUT2D eigenvalue weighted by molar-refractivity contribution is 5.76. The van der Waals surface area contributed by atoms with Gasteiger partial charge in [-0.3, -0.25) is 0 Å². The average Bonchev–Trinajstić information content (AvgIpc) is 2.39. The van der Waals surface area contributed by atoms with E-state index in [4.69, 9.17) is 25.4 Å². The molecule has 1 fully saturated rings. The van der Waals surface area contributed by atoms with Gasteiger partial charge in [0.1, 0.15) is 18.3 Å². The molecule has 7 N–H and O–H groups in total. The normalized spacial score (nSPS) is 38.7. The smallest absolute Gasteiger partial charge is 0.364 e. The standard InChI is InChI=1S/C10H19NO8/c1-18-10(9(16)17)2-4(13)6(11)8(19-10)7(15)5(14)3-12/h4-8,12-15H,2-3,11H2,1H3,(H,16,17)/t4-,5?,6-,7+,8?,10-/m1/s1. The van der Waals surface area contributed by atoms with Crippen LogP contribution in [0, 0.1) is 0 Å². The highest BCUT2D eigenvalue weighted by Gasteiger charge is 2.53. The summed E-state index contributed by atoms with van der Waals surface area (Å²) in [5, 5.41) is 46.7. The van der Waals surface area contributed by atoms with Crippen molar-refractivity contribution in [1.82, 2.24) is 0 Å². The van der Waals surface area contributed by atoms with Crippen LogP contribution in [-0.2, 0) is 14.3 Å². The van der Waals surface area contributed by atoms with Gasteiger partial charge in [-0.05, 0) is 0 Å². The highest BCUT2D eigenvalue weighted by atomic mass is 16.7. The number of carboxylic acids is 1. The van der Waals surface area contributed by atoms with E-state index in [1.54, 1.807) is 0 Å². The highest BCUT2D eigenvalue weighted by Crippen LogP contribution is 2.31. The number of methoxy groups -OCH3 is 1. The molecule has 6 atom stereocenters. The lowest BCUT2D eigenvalue weighted by Gasteiger charge is -2.44. The van der Waals surface area contributed by atoms with E-state index in [9.17, 15) is 20.1 Å². The lowest BCUT2D eigenvalue weighted by Crippen LogP contribution is -2.66. The Labute approximate surface area is 109 Å². The van der Waals surface area contributed by atoms with Gasteiger partial charge >= 0.3 is 5.97 Å². The van der Waals surface area contributed by atoms with Crippen LogP contribution in [0.4, 0.5) is 0 Å². The second-order valence-corrected chi connectivity index (χ2v) is 4.43. The Hall–Kier alpha value is -0.810. The van der Waals surface area contributed by atoms with Crippen molar-refractivity contribution in [3.63, 3.8) is 0 Å². The third-order valence-corrected chi connectivity index (χ3v) is 3.20. The molecule has 9 nitrogen and oxygen atoms in total. The number of carboxylic acid groups (broad SMARTS) is 1. The summed E-state index contributed by atoms with van der Waals surface area (Å²) in [6.07, 6.45) is -6.37. The molecule has 0 aromatic carbocycles. The predicted molar refractivity (Wildman–Crippen MR) is 59.9 cm³/mol. The van der Waals surface area contributed by atoms with Crippen LogP contribution in [0.3, 0.4) is 0 Å². The number of aliphatic carboxylic acids is 1. The largest absolute Gasteiger partial charge is 0.477 e. The zero-order chi connectivity index (χ0) is 14.8. The predicted octanol–water partition coefficient (Wildman–Crippen LogP) is -3.40. The molecular formula is C10H19NO8. The lowest BCUT2D eigenvalue weighted by atomic mass is 9.89. The van der Waals surface area contributed by atoms with Gasteiger partial charge in [-0.1, -0.05) is 0 Å². The Bertz CT molecular complexity index is 327. The number of nitrogens with two attached hydrogens (primary N) is 1. The van der Waals surface area contributed by atoms with Crippen LogP contribution >= 0.6 is 0 Å². The molecular weight excluding hydrogens is 262 g/mol. The molecule has 1 rings (SSSR count). The first-order valence-electron chi connectivity index (χ1n) is 5.66. The van der Waals surface area contributed by atoms with Crippen molar-refractivity contribution in [2.75, 3.05) is 13.7 Å². The molecule has 0 aliphatic carbocycles. The van der Waals surface area contributed by atoms with E-state index in [0.717, 1.165) is 7.11 Å². The van der Waals surface area contributed by atoms with Gasteiger partial charge in [0.25, 0.3) is 5.79 Å². The summed E-state index contributed by atoms with van der Waals surface area (Å²) in [6.45, 7) is -0.767. The fourth-order valence-electron chi connectivity index (χ4n) is 1.96. The number of rotatable bonds is 5. The molecule has 0 saturated carbocycles. The van der Waals surface area contributed by atoms with Crippen LogP contribution in [-0.4, -0.2) is 81.5 Å². The first-order chi connectivity index (χ1) is 8.79. The quantitative estimate of drug-likeness (QED) is 0.301. The summed E-state index contributed by atoms with van der Waals surface area (Å²) >= 11 is 0. The van der Waals surface area contributed by atoms with Gasteiger partial charge in [-0.2, -0.15) is 0 Å². The number of ether oxygens (including phenoxy) is 2. The topological polar surface area (TPSA) is 163 Å². The van der Waals surface area contributed by atoms with Crippen LogP contribution in [0.1, 0.15) is 6.42 Å². The number of hydrogen-bond donors (Lipinski definition) is 6. The molecule has 9 heteroatoms. The Balaban J connectivity index is 2.99. The van der Waals surface area contributed by atoms with Crippen LogP contribution < -0.4 is 5.73 Å². The van der Waals surface area contributed by atoms with Gasteiger partial charge in [0, 0.05) is 13.5 Å². The maximum Gasteiger partial charge on any atom is 0.364 e. The zero-order valence-electron chi connectivity index (χ0n) is 10.3. The summed E-state index contributed by atoms with van der Waals surface area (Å²) in [5.41, 5.74) is 5.62. The summed E-state index contributed by atoms with van der Waals surface area (Å²) in [4.78, 5) is 11.2. The summed E-state index contributed by atoms with van der Waals surface area (Å²) in [5.74, 6) is -3.65. The molecule has 0 spiro atoms. The van der Waals surface area contributed by atoms with Crippen LogP contribution in [0.25, 0.3) is 0 Å². The number of aliphatic hydroxyl groups is 4. The fraction of sp³-hybridized carbons (Fsp3) is 0.900. The molecule has 0 bridgehead atoms. The van der Waals surface area contributed by atoms with Crippen molar-refractivity contribution < 1.29 is 39.8 Å². The van der Waals surface area contributed by atoms with Gasteiger partial charge in [0.15, 0.2) is 0 Å². The van der Waals surface area contributed by atoms with E-state index in [2.05, 4.69) is 0 Å². The number of aliphatic hydroxyl groups excluding tert-OH is 4. The van der Waals surface area contributed by atoms with E-state index in [-0.39, 0.29) is 0 Å². The molecule has 19 heavy (non-hydrogen) atoms. The van der Waals surface area contributed by atoms with Crippen molar-refractivity contribution in [2.24, 2.45) is 5.73 Å². The van der Waals surface area contributed by atoms with Crippen LogP contribution in [0.15, 0.2) is 0 Å². The zero-order valence-corrected chi connectivity index (χ0v) is 10.3. The van der Waals surface area contributed by atoms with Crippen molar-refractivity contribution in [1.29, 1.82) is 0 Å². The minimum absolute atomic E-state index is 0.418. The van der Waals surface area contributed by atoms with Crippen molar-refractivity contribution in [3.8, 4) is 0 Å². The molecule has 0 aromatic rings. The minimum Gasteiger partial charge on any atom is -0.477 e. The van der Waals surface area contributed by atoms with Crippen LogP contribution in [0.2, 0.25) is 0 Å². The number of hydrogen-bond acceptors (Lipinski definition) is 8.